The fourth-order valence-electron chi connectivity index (χ4n) is 1.89. The van der Waals surface area contributed by atoms with E-state index < -0.39 is 5.41 Å². The number of hydrogen-bond donors (Lipinski definition) is 0. The van der Waals surface area contributed by atoms with Crippen LogP contribution in [0.2, 0.25) is 0 Å². The van der Waals surface area contributed by atoms with Gasteiger partial charge in [-0.3, -0.25) is 4.79 Å². The molecule has 15 heavy (non-hydrogen) atoms. The van der Waals surface area contributed by atoms with Gasteiger partial charge in [0.1, 0.15) is 17.8 Å². The Hall–Kier alpha value is -1.51. The molecule has 0 N–H and O–H groups in total. The molecule has 0 aromatic heterocycles. The van der Waals surface area contributed by atoms with Crippen molar-refractivity contribution in [2.75, 3.05) is 13.7 Å². The average Bonchev–Trinajstić information content (AvgIpc) is 2.57. The van der Waals surface area contributed by atoms with Gasteiger partial charge in [0.05, 0.1) is 7.11 Å². The van der Waals surface area contributed by atoms with Crippen molar-refractivity contribution >= 4 is 5.97 Å². The van der Waals surface area contributed by atoms with E-state index in [1.165, 1.54) is 7.11 Å². The monoisotopic (exact) mass is 206 g/mol. The number of rotatable bonds is 1. The Morgan fingerprint density at radius 2 is 2.27 bits per heavy atom. The lowest BCUT2D eigenvalue weighted by Crippen LogP contribution is -2.35. The van der Waals surface area contributed by atoms with Crippen molar-refractivity contribution in [3.8, 4) is 5.75 Å². The standard InChI is InChI=1S/C12H14O3/c1-8-4-5-10-9(6-8)12(2,7-15-10)11(13)14-3/h4-6H,7H2,1-3H3. The van der Waals surface area contributed by atoms with E-state index in [2.05, 4.69) is 0 Å². The summed E-state index contributed by atoms with van der Waals surface area (Å²) in [5.74, 6) is 0.542. The second kappa shape index (κ2) is 3.26. The summed E-state index contributed by atoms with van der Waals surface area (Å²) in [6.07, 6.45) is 0. The van der Waals surface area contributed by atoms with Gasteiger partial charge in [-0.15, -0.1) is 0 Å². The second-order valence-electron chi connectivity index (χ2n) is 4.11. The van der Waals surface area contributed by atoms with Gasteiger partial charge in [-0.25, -0.2) is 0 Å². The molecule has 0 saturated carbocycles. The molecule has 1 aromatic rings. The summed E-state index contributed by atoms with van der Waals surface area (Å²) in [6, 6.07) is 5.86. The predicted octanol–water partition coefficient (Wildman–Crippen LogP) is 1.82. The Morgan fingerprint density at radius 1 is 1.53 bits per heavy atom. The van der Waals surface area contributed by atoms with E-state index in [9.17, 15) is 4.79 Å². The van der Waals surface area contributed by atoms with Crippen molar-refractivity contribution in [2.45, 2.75) is 19.3 Å². The van der Waals surface area contributed by atoms with Crippen LogP contribution in [0.25, 0.3) is 0 Å². The van der Waals surface area contributed by atoms with Crippen LogP contribution in [0.15, 0.2) is 18.2 Å². The van der Waals surface area contributed by atoms with Crippen molar-refractivity contribution < 1.29 is 14.3 Å². The van der Waals surface area contributed by atoms with Crippen LogP contribution >= 0.6 is 0 Å². The molecule has 0 bridgehead atoms. The van der Waals surface area contributed by atoms with Gasteiger partial charge in [-0.1, -0.05) is 17.7 Å². The van der Waals surface area contributed by atoms with E-state index in [4.69, 9.17) is 9.47 Å². The minimum atomic E-state index is -0.657. The molecule has 80 valence electrons. The van der Waals surface area contributed by atoms with Crippen LogP contribution in [0.5, 0.6) is 5.75 Å². The van der Waals surface area contributed by atoms with E-state index in [1.807, 2.05) is 32.0 Å². The molecule has 1 atom stereocenters. The Kier molecular flexibility index (Phi) is 2.18. The largest absolute Gasteiger partial charge is 0.492 e. The van der Waals surface area contributed by atoms with Crippen LogP contribution in [0.1, 0.15) is 18.1 Å². The number of carbonyl (C=O) groups is 1. The molecule has 0 saturated heterocycles. The van der Waals surface area contributed by atoms with Gasteiger partial charge in [0.25, 0.3) is 0 Å². The number of benzene rings is 1. The van der Waals surface area contributed by atoms with E-state index >= 15 is 0 Å². The van der Waals surface area contributed by atoms with Crippen molar-refractivity contribution in [3.63, 3.8) is 0 Å². The lowest BCUT2D eigenvalue weighted by atomic mass is 9.84. The quantitative estimate of drug-likeness (QED) is 0.657. The summed E-state index contributed by atoms with van der Waals surface area (Å²) in [5, 5.41) is 0. The number of hydrogen-bond acceptors (Lipinski definition) is 3. The Balaban J connectivity index is 2.51. The number of methoxy groups -OCH3 is 1. The Bertz CT molecular complexity index is 411. The normalized spacial score (nSPS) is 23.1. The SMILES string of the molecule is COC(=O)C1(C)COc2ccc(C)cc21. The summed E-state index contributed by atoms with van der Waals surface area (Å²) < 4.78 is 10.3. The van der Waals surface area contributed by atoms with Crippen LogP contribution < -0.4 is 4.74 Å². The number of ether oxygens (including phenoxy) is 2. The first-order valence-corrected chi connectivity index (χ1v) is 4.90. The first-order chi connectivity index (χ1) is 7.08. The molecule has 1 aliphatic heterocycles. The molecular weight excluding hydrogens is 192 g/mol. The molecule has 3 heteroatoms. The summed E-state index contributed by atoms with van der Waals surface area (Å²) in [6.45, 7) is 4.21. The number of fused-ring (bicyclic) bond motifs is 1. The first kappa shape index (κ1) is 10.0. The van der Waals surface area contributed by atoms with E-state index in [0.717, 1.165) is 16.9 Å². The van der Waals surface area contributed by atoms with Gasteiger partial charge < -0.3 is 9.47 Å². The maximum absolute atomic E-state index is 11.7. The van der Waals surface area contributed by atoms with Gasteiger partial charge >= 0.3 is 5.97 Å². The van der Waals surface area contributed by atoms with Gasteiger partial charge in [0.15, 0.2) is 0 Å². The fraction of sp³-hybridized carbons (Fsp3) is 0.417. The van der Waals surface area contributed by atoms with E-state index in [-0.39, 0.29) is 5.97 Å². The summed E-state index contributed by atoms with van der Waals surface area (Å²) in [7, 11) is 1.40. The number of aryl methyl sites for hydroxylation is 1. The van der Waals surface area contributed by atoms with Crippen molar-refractivity contribution in [3.05, 3.63) is 29.3 Å². The lowest BCUT2D eigenvalue weighted by molar-refractivity contribution is -0.147. The molecule has 0 aliphatic carbocycles. The maximum atomic E-state index is 11.7. The van der Waals surface area contributed by atoms with Crippen LogP contribution in [0, 0.1) is 6.92 Å². The van der Waals surface area contributed by atoms with Gasteiger partial charge in [-0.05, 0) is 19.9 Å². The minimum Gasteiger partial charge on any atom is -0.492 e. The topological polar surface area (TPSA) is 35.5 Å². The molecule has 1 aromatic carbocycles. The molecule has 0 amide bonds. The smallest absolute Gasteiger partial charge is 0.319 e. The number of carbonyl (C=O) groups excluding carboxylic acids is 1. The molecular formula is C12H14O3. The Morgan fingerprint density at radius 3 is 2.93 bits per heavy atom. The van der Waals surface area contributed by atoms with Crippen molar-refractivity contribution in [1.82, 2.24) is 0 Å². The first-order valence-electron chi connectivity index (χ1n) is 4.90. The highest BCUT2D eigenvalue weighted by molar-refractivity contribution is 5.85. The molecule has 0 fully saturated rings. The van der Waals surface area contributed by atoms with E-state index in [0.29, 0.717) is 6.61 Å². The maximum Gasteiger partial charge on any atom is 0.319 e. The molecule has 1 unspecified atom stereocenters. The summed E-state index contributed by atoms with van der Waals surface area (Å²) in [5.41, 5.74) is 1.39. The highest BCUT2D eigenvalue weighted by atomic mass is 16.5. The summed E-state index contributed by atoms with van der Waals surface area (Å²) >= 11 is 0. The predicted molar refractivity (Wildman–Crippen MR) is 56.0 cm³/mol. The molecule has 2 rings (SSSR count). The molecule has 3 nitrogen and oxygen atoms in total. The van der Waals surface area contributed by atoms with Crippen LogP contribution in [0.3, 0.4) is 0 Å². The Labute approximate surface area is 89.0 Å². The molecule has 0 radical (unpaired) electrons. The fourth-order valence-corrected chi connectivity index (χ4v) is 1.89. The van der Waals surface area contributed by atoms with Crippen LogP contribution in [0.4, 0.5) is 0 Å². The molecule has 1 heterocycles. The van der Waals surface area contributed by atoms with Gasteiger partial charge in [0, 0.05) is 5.56 Å². The van der Waals surface area contributed by atoms with Crippen molar-refractivity contribution in [1.29, 1.82) is 0 Å². The highest BCUT2D eigenvalue weighted by Crippen LogP contribution is 2.39. The third kappa shape index (κ3) is 1.39. The minimum absolute atomic E-state index is 0.244. The highest BCUT2D eigenvalue weighted by Gasteiger charge is 2.44. The van der Waals surface area contributed by atoms with Gasteiger partial charge in [-0.2, -0.15) is 0 Å². The average molecular weight is 206 g/mol. The van der Waals surface area contributed by atoms with Crippen LogP contribution in [-0.4, -0.2) is 19.7 Å². The van der Waals surface area contributed by atoms with Crippen LogP contribution in [-0.2, 0) is 14.9 Å². The van der Waals surface area contributed by atoms with Gasteiger partial charge in [0.2, 0.25) is 0 Å². The third-order valence-electron chi connectivity index (χ3n) is 2.88. The summed E-state index contributed by atoms with van der Waals surface area (Å²) in [4.78, 5) is 11.7. The lowest BCUT2D eigenvalue weighted by Gasteiger charge is -2.19. The van der Waals surface area contributed by atoms with Crippen molar-refractivity contribution in [2.24, 2.45) is 0 Å². The molecule has 1 aliphatic rings. The number of esters is 1. The molecule has 0 spiro atoms. The zero-order valence-electron chi connectivity index (χ0n) is 9.16. The third-order valence-corrected chi connectivity index (χ3v) is 2.88. The zero-order chi connectivity index (χ0) is 11.1. The zero-order valence-corrected chi connectivity index (χ0v) is 9.16. The van der Waals surface area contributed by atoms with E-state index in [1.54, 1.807) is 0 Å². The second-order valence-corrected chi connectivity index (χ2v) is 4.11.